The van der Waals surface area contributed by atoms with E-state index in [9.17, 15) is 0 Å². The molecule has 66 valence electrons. The zero-order valence-corrected chi connectivity index (χ0v) is 8.32. The summed E-state index contributed by atoms with van der Waals surface area (Å²) in [5.41, 5.74) is 1.89. The van der Waals surface area contributed by atoms with Crippen LogP contribution in [0.5, 0.6) is 0 Å². The number of anilines is 1. The average molecular weight is 209 g/mol. The topological polar surface area (TPSA) is 40.7 Å². The molecule has 1 aromatic heterocycles. The van der Waals surface area contributed by atoms with Crippen molar-refractivity contribution in [3.8, 4) is 0 Å². The molecular formula is C8H7N3S2. The summed E-state index contributed by atoms with van der Waals surface area (Å²) in [5, 5.41) is 2.82. The van der Waals surface area contributed by atoms with Crippen LogP contribution in [0.25, 0.3) is 11.0 Å². The lowest BCUT2D eigenvalue weighted by atomic mass is 10.3. The number of nitrogens with one attached hydrogen (secondary N) is 2. The molecule has 0 aliphatic rings. The van der Waals surface area contributed by atoms with E-state index in [0.29, 0.717) is 10.3 Å². The minimum Gasteiger partial charge on any atom is -0.324 e. The van der Waals surface area contributed by atoms with Crippen LogP contribution in [0.15, 0.2) is 24.3 Å². The Kier molecular flexibility index (Phi) is 2.20. The number of fused-ring (bicyclic) bond motifs is 1. The van der Waals surface area contributed by atoms with Crippen LogP contribution >= 0.6 is 24.8 Å². The predicted octanol–water partition coefficient (Wildman–Crippen LogP) is 2.19. The van der Waals surface area contributed by atoms with Gasteiger partial charge < -0.3 is 10.3 Å². The van der Waals surface area contributed by atoms with E-state index in [-0.39, 0.29) is 0 Å². The molecule has 0 radical (unpaired) electrons. The van der Waals surface area contributed by atoms with Gasteiger partial charge in [0.25, 0.3) is 0 Å². The Morgan fingerprint density at radius 3 is 2.92 bits per heavy atom. The number of rotatable bonds is 1. The Balaban J connectivity index is 2.44. The number of thiol groups is 1. The van der Waals surface area contributed by atoms with E-state index >= 15 is 0 Å². The molecule has 0 aliphatic heterocycles. The van der Waals surface area contributed by atoms with Crippen LogP contribution in [-0.4, -0.2) is 14.3 Å². The van der Waals surface area contributed by atoms with Crippen LogP contribution in [-0.2, 0) is 0 Å². The Hall–Kier alpha value is -1.07. The lowest BCUT2D eigenvalue weighted by molar-refractivity contribution is 1.34. The minimum atomic E-state index is 0.402. The standard InChI is InChI=1S/C8H7N3S2/c12-8(13)11-7-9-5-3-1-2-4-6(5)10-7/h1-4H,(H3,9,10,11,12,13). The van der Waals surface area contributed by atoms with Gasteiger partial charge in [0.1, 0.15) is 4.32 Å². The van der Waals surface area contributed by atoms with Gasteiger partial charge in [0.2, 0.25) is 5.95 Å². The first-order valence-corrected chi connectivity index (χ1v) is 4.56. The third kappa shape index (κ3) is 1.81. The maximum atomic E-state index is 4.78. The second-order valence-corrected chi connectivity index (χ2v) is 3.69. The molecule has 3 nitrogen and oxygen atoms in total. The Morgan fingerprint density at radius 1 is 1.46 bits per heavy atom. The van der Waals surface area contributed by atoms with Crippen LogP contribution in [0.3, 0.4) is 0 Å². The van der Waals surface area contributed by atoms with Crippen molar-refractivity contribution in [2.75, 3.05) is 5.32 Å². The van der Waals surface area contributed by atoms with Crippen molar-refractivity contribution in [3.05, 3.63) is 24.3 Å². The zero-order valence-electron chi connectivity index (χ0n) is 6.61. The van der Waals surface area contributed by atoms with Gasteiger partial charge >= 0.3 is 0 Å². The average Bonchev–Trinajstić information content (AvgIpc) is 2.44. The molecule has 2 rings (SSSR count). The highest BCUT2D eigenvalue weighted by Crippen LogP contribution is 2.13. The number of thiocarbonyl (C=S) groups is 1. The summed E-state index contributed by atoms with van der Waals surface area (Å²) >= 11 is 8.73. The van der Waals surface area contributed by atoms with E-state index in [4.69, 9.17) is 12.2 Å². The van der Waals surface area contributed by atoms with Gasteiger partial charge in [-0.05, 0) is 12.1 Å². The number of hydrogen-bond acceptors (Lipinski definition) is 2. The quantitative estimate of drug-likeness (QED) is 0.498. The maximum Gasteiger partial charge on any atom is 0.206 e. The van der Waals surface area contributed by atoms with Crippen molar-refractivity contribution >= 4 is 46.1 Å². The second-order valence-electron chi connectivity index (χ2n) is 2.53. The third-order valence-electron chi connectivity index (χ3n) is 1.61. The first kappa shape index (κ1) is 8.52. The third-order valence-corrected chi connectivity index (χ3v) is 1.83. The smallest absolute Gasteiger partial charge is 0.206 e. The molecule has 0 fully saturated rings. The van der Waals surface area contributed by atoms with Crippen molar-refractivity contribution in [1.29, 1.82) is 0 Å². The molecule has 5 heteroatoms. The molecule has 0 unspecified atom stereocenters. The number of imidazole rings is 1. The first-order chi connectivity index (χ1) is 6.25. The molecule has 0 aliphatic carbocycles. The van der Waals surface area contributed by atoms with Crippen molar-refractivity contribution in [1.82, 2.24) is 9.97 Å². The minimum absolute atomic E-state index is 0.402. The summed E-state index contributed by atoms with van der Waals surface area (Å²) in [6.45, 7) is 0. The number of H-pyrrole nitrogens is 1. The largest absolute Gasteiger partial charge is 0.324 e. The predicted molar refractivity (Wildman–Crippen MR) is 61.3 cm³/mol. The number of hydrogen-bond donors (Lipinski definition) is 3. The summed E-state index contributed by atoms with van der Waals surface area (Å²) < 4.78 is 0.402. The number of aromatic amines is 1. The van der Waals surface area contributed by atoms with E-state index in [1.165, 1.54) is 0 Å². The normalized spacial score (nSPS) is 10.2. The Bertz CT molecular complexity index is 416. The van der Waals surface area contributed by atoms with Crippen LogP contribution in [0.1, 0.15) is 0 Å². The van der Waals surface area contributed by atoms with Crippen molar-refractivity contribution in [2.45, 2.75) is 0 Å². The Labute approximate surface area is 86.0 Å². The van der Waals surface area contributed by atoms with E-state index < -0.39 is 0 Å². The SMILES string of the molecule is S=C(S)Nc1nc2ccccc2[nH]1. The number of nitrogens with zero attached hydrogens (tertiary/aromatic N) is 1. The second kappa shape index (κ2) is 3.35. The molecule has 2 aromatic rings. The van der Waals surface area contributed by atoms with Gasteiger partial charge in [-0.15, -0.1) is 12.6 Å². The zero-order chi connectivity index (χ0) is 9.26. The van der Waals surface area contributed by atoms with Crippen LogP contribution in [0, 0.1) is 0 Å². The lowest BCUT2D eigenvalue weighted by Gasteiger charge is -1.94. The number of para-hydroxylation sites is 2. The van der Waals surface area contributed by atoms with Crippen molar-refractivity contribution < 1.29 is 0 Å². The maximum absolute atomic E-state index is 4.78. The highest BCUT2D eigenvalue weighted by molar-refractivity contribution is 8.11. The molecule has 13 heavy (non-hydrogen) atoms. The van der Waals surface area contributed by atoms with Crippen molar-refractivity contribution in [2.24, 2.45) is 0 Å². The van der Waals surface area contributed by atoms with Gasteiger partial charge in [-0.3, -0.25) is 0 Å². The summed E-state index contributed by atoms with van der Waals surface area (Å²) in [4.78, 5) is 7.32. The Morgan fingerprint density at radius 2 is 2.23 bits per heavy atom. The molecule has 0 saturated heterocycles. The monoisotopic (exact) mass is 209 g/mol. The van der Waals surface area contributed by atoms with Crippen LogP contribution in [0.4, 0.5) is 5.95 Å². The lowest BCUT2D eigenvalue weighted by Crippen LogP contribution is -2.01. The van der Waals surface area contributed by atoms with Gasteiger partial charge in [-0.1, -0.05) is 24.4 Å². The fraction of sp³-hybridized carbons (Fsp3) is 0. The molecule has 1 heterocycles. The summed E-state index contributed by atoms with van der Waals surface area (Å²) in [6, 6.07) is 7.77. The highest BCUT2D eigenvalue weighted by atomic mass is 32.1. The first-order valence-electron chi connectivity index (χ1n) is 3.70. The van der Waals surface area contributed by atoms with E-state index in [0.717, 1.165) is 11.0 Å². The van der Waals surface area contributed by atoms with Crippen LogP contribution in [0.2, 0.25) is 0 Å². The van der Waals surface area contributed by atoms with E-state index in [2.05, 4.69) is 27.9 Å². The molecule has 0 spiro atoms. The molecule has 0 amide bonds. The summed E-state index contributed by atoms with van der Waals surface area (Å²) in [7, 11) is 0. The van der Waals surface area contributed by atoms with Gasteiger partial charge in [0.15, 0.2) is 0 Å². The van der Waals surface area contributed by atoms with Crippen LogP contribution < -0.4 is 5.32 Å². The molecular weight excluding hydrogens is 202 g/mol. The van der Waals surface area contributed by atoms with Gasteiger partial charge in [0, 0.05) is 0 Å². The van der Waals surface area contributed by atoms with Gasteiger partial charge in [-0.2, -0.15) is 0 Å². The number of benzene rings is 1. The molecule has 2 N–H and O–H groups in total. The van der Waals surface area contributed by atoms with E-state index in [1.807, 2.05) is 24.3 Å². The van der Waals surface area contributed by atoms with Gasteiger partial charge in [-0.25, -0.2) is 4.98 Å². The summed E-state index contributed by atoms with van der Waals surface area (Å²) in [5.74, 6) is 0.626. The fourth-order valence-corrected chi connectivity index (χ4v) is 1.32. The molecule has 1 aromatic carbocycles. The van der Waals surface area contributed by atoms with E-state index in [1.54, 1.807) is 0 Å². The highest BCUT2D eigenvalue weighted by Gasteiger charge is 2.00. The summed E-state index contributed by atoms with van der Waals surface area (Å²) in [6.07, 6.45) is 0. The molecule has 0 atom stereocenters. The number of aromatic nitrogens is 2. The van der Waals surface area contributed by atoms with Crippen molar-refractivity contribution in [3.63, 3.8) is 0 Å². The molecule has 0 saturated carbocycles. The van der Waals surface area contributed by atoms with Gasteiger partial charge in [0.05, 0.1) is 11.0 Å². The fourth-order valence-electron chi connectivity index (χ4n) is 1.11. The molecule has 0 bridgehead atoms.